The van der Waals surface area contributed by atoms with Crippen molar-refractivity contribution in [2.24, 2.45) is 0 Å². The van der Waals surface area contributed by atoms with Gasteiger partial charge in [-0.3, -0.25) is 0 Å². The molecule has 1 aliphatic rings. The Morgan fingerprint density at radius 3 is 2.41 bits per heavy atom. The Balaban J connectivity index is 1.16. The van der Waals surface area contributed by atoms with Crippen molar-refractivity contribution >= 4 is 6.09 Å². The van der Waals surface area contributed by atoms with Gasteiger partial charge in [-0.2, -0.15) is 0 Å². The third kappa shape index (κ3) is 5.77. The molecule has 0 saturated carbocycles. The SMILES string of the molecule is COc1ccc(OC(=O)N2CCC[C@@H]2c2ccc(OCCc3nc(-c4ccccc4)oc3C)cc2)cc1. The summed E-state index contributed by atoms with van der Waals surface area (Å²) in [5, 5.41) is 0. The van der Waals surface area contributed by atoms with E-state index in [0.717, 1.165) is 41.2 Å². The van der Waals surface area contributed by atoms with Crippen LogP contribution in [0.3, 0.4) is 0 Å². The molecule has 1 aliphatic heterocycles. The molecule has 0 unspecified atom stereocenters. The summed E-state index contributed by atoms with van der Waals surface area (Å²) in [6.07, 6.45) is 2.14. The topological polar surface area (TPSA) is 74.0 Å². The van der Waals surface area contributed by atoms with Gasteiger partial charge in [-0.1, -0.05) is 30.3 Å². The van der Waals surface area contributed by atoms with E-state index in [2.05, 4.69) is 4.98 Å². The molecule has 190 valence electrons. The maximum atomic E-state index is 12.8. The maximum Gasteiger partial charge on any atom is 0.415 e. The van der Waals surface area contributed by atoms with Gasteiger partial charge in [0.15, 0.2) is 0 Å². The van der Waals surface area contributed by atoms with E-state index in [1.165, 1.54) is 0 Å². The fraction of sp³-hybridized carbons (Fsp3) is 0.267. The van der Waals surface area contributed by atoms with Gasteiger partial charge in [0, 0.05) is 18.5 Å². The van der Waals surface area contributed by atoms with Gasteiger partial charge in [0.05, 0.1) is 25.5 Å². The van der Waals surface area contributed by atoms with E-state index in [9.17, 15) is 4.79 Å². The molecule has 5 rings (SSSR count). The molecule has 4 aromatic rings. The van der Waals surface area contributed by atoms with Crippen molar-refractivity contribution in [2.45, 2.75) is 32.2 Å². The number of carbonyl (C=O) groups is 1. The Hall–Kier alpha value is -4.26. The van der Waals surface area contributed by atoms with Gasteiger partial charge in [-0.05, 0) is 73.9 Å². The minimum absolute atomic E-state index is 0.0195. The van der Waals surface area contributed by atoms with Crippen LogP contribution in [0.1, 0.15) is 35.9 Å². The number of carbonyl (C=O) groups excluding carboxylic acids is 1. The zero-order chi connectivity index (χ0) is 25.6. The molecule has 1 amide bonds. The highest BCUT2D eigenvalue weighted by atomic mass is 16.6. The minimum Gasteiger partial charge on any atom is -0.497 e. The smallest absolute Gasteiger partial charge is 0.415 e. The van der Waals surface area contributed by atoms with Gasteiger partial charge in [0.25, 0.3) is 0 Å². The Morgan fingerprint density at radius 2 is 1.68 bits per heavy atom. The van der Waals surface area contributed by atoms with Crippen molar-refractivity contribution in [3.63, 3.8) is 0 Å². The first-order valence-corrected chi connectivity index (χ1v) is 12.5. The van der Waals surface area contributed by atoms with Crippen LogP contribution in [0.25, 0.3) is 11.5 Å². The second kappa shape index (κ2) is 11.2. The van der Waals surface area contributed by atoms with Crippen LogP contribution in [0.5, 0.6) is 17.2 Å². The lowest BCUT2D eigenvalue weighted by Crippen LogP contribution is -2.33. The highest BCUT2D eigenvalue weighted by Crippen LogP contribution is 2.34. The third-order valence-corrected chi connectivity index (χ3v) is 6.54. The van der Waals surface area contributed by atoms with E-state index < -0.39 is 0 Å². The number of hydrogen-bond acceptors (Lipinski definition) is 6. The molecule has 37 heavy (non-hydrogen) atoms. The zero-order valence-electron chi connectivity index (χ0n) is 21.1. The molecule has 0 spiro atoms. The van der Waals surface area contributed by atoms with Gasteiger partial charge in [-0.25, -0.2) is 9.78 Å². The van der Waals surface area contributed by atoms with Gasteiger partial charge < -0.3 is 23.5 Å². The number of nitrogens with zero attached hydrogens (tertiary/aromatic N) is 2. The molecule has 0 aliphatic carbocycles. The highest BCUT2D eigenvalue weighted by Gasteiger charge is 2.31. The van der Waals surface area contributed by atoms with Gasteiger partial charge >= 0.3 is 6.09 Å². The predicted octanol–water partition coefficient (Wildman–Crippen LogP) is 6.62. The van der Waals surface area contributed by atoms with Crippen molar-refractivity contribution in [2.75, 3.05) is 20.3 Å². The number of benzene rings is 3. The highest BCUT2D eigenvalue weighted by molar-refractivity contribution is 5.71. The van der Waals surface area contributed by atoms with Gasteiger partial charge in [0.2, 0.25) is 5.89 Å². The molecule has 1 atom stereocenters. The molecular formula is C30H30N2O5. The van der Waals surface area contributed by atoms with Crippen LogP contribution in [0.15, 0.2) is 83.3 Å². The number of amides is 1. The average molecular weight is 499 g/mol. The Labute approximate surface area is 216 Å². The largest absolute Gasteiger partial charge is 0.497 e. The molecule has 0 bridgehead atoms. The lowest BCUT2D eigenvalue weighted by molar-refractivity contribution is 0.147. The summed E-state index contributed by atoms with van der Waals surface area (Å²) >= 11 is 0. The molecule has 0 radical (unpaired) electrons. The van der Waals surface area contributed by atoms with Crippen molar-refractivity contribution in [3.8, 4) is 28.7 Å². The Morgan fingerprint density at radius 1 is 0.973 bits per heavy atom. The summed E-state index contributed by atoms with van der Waals surface area (Å²) < 4.78 is 22.6. The number of aryl methyl sites for hydroxylation is 1. The van der Waals surface area contributed by atoms with E-state index >= 15 is 0 Å². The standard InChI is InChI=1S/C30H30N2O5/c1-21-27(31-29(36-21)23-7-4-3-5-8-23)18-20-35-25-12-10-22(11-13-25)28-9-6-19-32(28)30(33)37-26-16-14-24(34-2)15-17-26/h3-5,7-8,10-17,28H,6,9,18-20H2,1-2H3/t28-/m1/s1. The lowest BCUT2D eigenvalue weighted by atomic mass is 10.0. The van der Waals surface area contributed by atoms with Crippen LogP contribution in [-0.2, 0) is 6.42 Å². The van der Waals surface area contributed by atoms with E-state index in [1.54, 1.807) is 36.3 Å². The number of aromatic nitrogens is 1. The Bertz CT molecular complexity index is 1320. The van der Waals surface area contributed by atoms with E-state index in [0.29, 0.717) is 37.0 Å². The summed E-state index contributed by atoms with van der Waals surface area (Å²) in [6.45, 7) is 3.08. The second-order valence-electron chi connectivity index (χ2n) is 8.95. The van der Waals surface area contributed by atoms with Crippen LogP contribution in [0, 0.1) is 6.92 Å². The number of rotatable bonds is 8. The lowest BCUT2D eigenvalue weighted by Gasteiger charge is -2.24. The van der Waals surface area contributed by atoms with E-state index in [4.69, 9.17) is 18.6 Å². The van der Waals surface area contributed by atoms with Gasteiger partial charge in [0.1, 0.15) is 23.0 Å². The van der Waals surface area contributed by atoms with Gasteiger partial charge in [-0.15, -0.1) is 0 Å². The quantitative estimate of drug-likeness (QED) is 0.272. The molecule has 3 aromatic carbocycles. The molecular weight excluding hydrogens is 468 g/mol. The third-order valence-electron chi connectivity index (χ3n) is 6.54. The summed E-state index contributed by atoms with van der Waals surface area (Å²) in [5.41, 5.74) is 2.92. The predicted molar refractivity (Wildman–Crippen MR) is 140 cm³/mol. The monoisotopic (exact) mass is 498 g/mol. The number of oxazole rings is 1. The molecule has 1 aromatic heterocycles. The molecule has 0 N–H and O–H groups in total. The maximum absolute atomic E-state index is 12.8. The average Bonchev–Trinajstić information content (AvgIpc) is 3.57. The van der Waals surface area contributed by atoms with Crippen molar-refractivity contribution < 1.29 is 23.4 Å². The Kier molecular flexibility index (Phi) is 7.40. The zero-order valence-corrected chi connectivity index (χ0v) is 21.1. The molecule has 2 heterocycles. The van der Waals surface area contributed by atoms with Crippen molar-refractivity contribution in [1.29, 1.82) is 0 Å². The minimum atomic E-state index is -0.342. The van der Waals surface area contributed by atoms with Crippen LogP contribution in [0.2, 0.25) is 0 Å². The molecule has 1 fully saturated rings. The first-order valence-electron chi connectivity index (χ1n) is 12.5. The van der Waals surface area contributed by atoms with E-state index in [-0.39, 0.29) is 12.1 Å². The number of hydrogen-bond donors (Lipinski definition) is 0. The molecule has 1 saturated heterocycles. The fourth-order valence-electron chi connectivity index (χ4n) is 4.55. The summed E-state index contributed by atoms with van der Waals surface area (Å²) in [4.78, 5) is 19.3. The molecule has 7 heteroatoms. The molecule has 7 nitrogen and oxygen atoms in total. The van der Waals surface area contributed by atoms with Crippen LogP contribution in [-0.4, -0.2) is 36.2 Å². The van der Waals surface area contributed by atoms with Crippen LogP contribution < -0.4 is 14.2 Å². The van der Waals surface area contributed by atoms with Crippen molar-refractivity contribution in [1.82, 2.24) is 9.88 Å². The van der Waals surface area contributed by atoms with Crippen LogP contribution >= 0.6 is 0 Å². The first kappa shape index (κ1) is 24.4. The number of likely N-dealkylation sites (tertiary alicyclic amines) is 1. The number of ether oxygens (including phenoxy) is 3. The number of methoxy groups -OCH3 is 1. The second-order valence-corrected chi connectivity index (χ2v) is 8.95. The van der Waals surface area contributed by atoms with Crippen molar-refractivity contribution in [3.05, 3.63) is 95.9 Å². The van der Waals surface area contributed by atoms with Crippen LogP contribution in [0.4, 0.5) is 4.79 Å². The van der Waals surface area contributed by atoms with E-state index in [1.807, 2.05) is 61.5 Å². The first-order chi connectivity index (χ1) is 18.1. The summed E-state index contributed by atoms with van der Waals surface area (Å²) in [6, 6.07) is 24.8. The summed E-state index contributed by atoms with van der Waals surface area (Å²) in [7, 11) is 1.60. The fourth-order valence-corrected chi connectivity index (χ4v) is 4.55. The normalized spacial score (nSPS) is 15.0. The summed E-state index contributed by atoms with van der Waals surface area (Å²) in [5.74, 6) is 3.43.